The molecule has 242 valence electrons. The van der Waals surface area contributed by atoms with Gasteiger partial charge in [0.1, 0.15) is 6.61 Å². The van der Waals surface area contributed by atoms with Crippen LogP contribution in [0.1, 0.15) is 129 Å². The van der Waals surface area contributed by atoms with E-state index < -0.39 is 24.8 Å². The molecule has 0 aromatic rings. The lowest BCUT2D eigenvalue weighted by atomic mass is 10.1. The number of hydrogen-bond acceptors (Lipinski definition) is 7. The Kier molecular flexibility index (Phi) is 28.6. The summed E-state index contributed by atoms with van der Waals surface area (Å²) in [5.41, 5.74) is 0. The molecule has 0 bridgehead atoms. The summed E-state index contributed by atoms with van der Waals surface area (Å²) in [6.45, 7) is 3.79. The summed E-state index contributed by atoms with van der Waals surface area (Å²) in [5.74, 6) is -0.827. The van der Waals surface area contributed by atoms with E-state index >= 15 is 0 Å². The summed E-state index contributed by atoms with van der Waals surface area (Å²) in [6, 6.07) is 0. The second-order valence-electron chi connectivity index (χ2n) is 10.9. The van der Waals surface area contributed by atoms with Gasteiger partial charge in [0.2, 0.25) is 0 Å². The molecule has 0 spiro atoms. The van der Waals surface area contributed by atoms with Crippen molar-refractivity contribution in [2.24, 2.45) is 0 Å². The molecule has 0 aliphatic rings. The summed E-state index contributed by atoms with van der Waals surface area (Å²) in [7, 11) is 0. The molecule has 0 aromatic carbocycles. The summed E-state index contributed by atoms with van der Waals surface area (Å²) < 4.78 is 10.4. The molecule has 0 saturated heterocycles. The molecule has 3 atom stereocenters. The number of rotatable bonds is 28. The lowest BCUT2D eigenvalue weighted by Gasteiger charge is -2.16. The third kappa shape index (κ3) is 27.9. The van der Waals surface area contributed by atoms with Gasteiger partial charge < -0.3 is 24.8 Å². The quantitative estimate of drug-likeness (QED) is 0.0491. The Labute approximate surface area is 255 Å². The van der Waals surface area contributed by atoms with Gasteiger partial charge in [0.25, 0.3) is 0 Å². The average molecular weight is 593 g/mol. The minimum atomic E-state index is -0.875. The van der Waals surface area contributed by atoms with Gasteiger partial charge in [-0.25, -0.2) is 0 Å². The van der Waals surface area contributed by atoms with E-state index in [0.29, 0.717) is 19.3 Å². The molecule has 0 radical (unpaired) electrons. The second kappa shape index (κ2) is 30.2. The van der Waals surface area contributed by atoms with Crippen molar-refractivity contribution in [3.05, 3.63) is 48.6 Å². The fraction of sp³-hybridized carbons (Fsp3) is 0.714. The molecule has 0 rings (SSSR count). The van der Waals surface area contributed by atoms with Crippen molar-refractivity contribution >= 4 is 11.9 Å². The van der Waals surface area contributed by atoms with Crippen molar-refractivity contribution in [3.63, 3.8) is 0 Å². The minimum absolute atomic E-state index is 0.106. The maximum absolute atomic E-state index is 12.1. The normalized spacial score (nSPS) is 14.3. The van der Waals surface area contributed by atoms with E-state index in [1.54, 1.807) is 18.2 Å². The zero-order chi connectivity index (χ0) is 31.1. The van der Waals surface area contributed by atoms with Gasteiger partial charge >= 0.3 is 11.9 Å². The molecular weight excluding hydrogens is 532 g/mol. The first-order valence-electron chi connectivity index (χ1n) is 16.4. The van der Waals surface area contributed by atoms with Crippen LogP contribution in [0.2, 0.25) is 0 Å². The van der Waals surface area contributed by atoms with E-state index in [2.05, 4.69) is 13.8 Å². The van der Waals surface area contributed by atoms with Crippen LogP contribution >= 0.6 is 0 Å². The molecule has 3 N–H and O–H groups in total. The molecular formula is C35H60O7. The third-order valence-corrected chi connectivity index (χ3v) is 6.83. The van der Waals surface area contributed by atoms with Gasteiger partial charge in [0.05, 0.1) is 18.8 Å². The maximum atomic E-state index is 12.1. The number of hydrogen-bond donors (Lipinski definition) is 3. The Morgan fingerprint density at radius 3 is 1.71 bits per heavy atom. The number of aliphatic hydroxyl groups is 3. The van der Waals surface area contributed by atoms with Crippen molar-refractivity contribution in [2.75, 3.05) is 13.2 Å². The number of aliphatic hydroxyl groups excluding tert-OH is 3. The first-order chi connectivity index (χ1) is 20.4. The largest absolute Gasteiger partial charge is 0.462 e. The highest BCUT2D eigenvalue weighted by Gasteiger charge is 2.16. The summed E-state index contributed by atoms with van der Waals surface area (Å²) in [6.07, 6.45) is 29.6. The van der Waals surface area contributed by atoms with Crippen LogP contribution in [0.4, 0.5) is 0 Å². The predicted octanol–water partition coefficient (Wildman–Crippen LogP) is 7.44. The van der Waals surface area contributed by atoms with Crippen LogP contribution in [0.15, 0.2) is 48.6 Å². The SMILES string of the molecule is CCCCCCCCCCCC(=O)OC[C@H](CO)OC(=O)CCC[C@H](O)/C=C/C=C\C/C=C\C=C\[C@H](O)CCCCC. The van der Waals surface area contributed by atoms with Crippen molar-refractivity contribution in [1.29, 1.82) is 0 Å². The Morgan fingerprint density at radius 1 is 0.643 bits per heavy atom. The van der Waals surface area contributed by atoms with Crippen molar-refractivity contribution in [3.8, 4) is 0 Å². The van der Waals surface area contributed by atoms with Crippen LogP contribution < -0.4 is 0 Å². The number of carbonyl (C=O) groups is 2. The van der Waals surface area contributed by atoms with E-state index in [9.17, 15) is 24.9 Å². The van der Waals surface area contributed by atoms with Crippen LogP contribution in [0.5, 0.6) is 0 Å². The molecule has 7 heteroatoms. The monoisotopic (exact) mass is 592 g/mol. The maximum Gasteiger partial charge on any atom is 0.306 e. The van der Waals surface area contributed by atoms with Crippen molar-refractivity contribution in [1.82, 2.24) is 0 Å². The van der Waals surface area contributed by atoms with Gasteiger partial charge in [-0.05, 0) is 32.1 Å². The average Bonchev–Trinajstić information content (AvgIpc) is 2.97. The lowest BCUT2D eigenvalue weighted by Crippen LogP contribution is -2.28. The highest BCUT2D eigenvalue weighted by molar-refractivity contribution is 5.70. The van der Waals surface area contributed by atoms with Gasteiger partial charge in [-0.15, -0.1) is 0 Å². The smallest absolute Gasteiger partial charge is 0.306 e. The highest BCUT2D eigenvalue weighted by atomic mass is 16.6. The molecule has 0 fully saturated rings. The van der Waals surface area contributed by atoms with Crippen LogP contribution in [0.25, 0.3) is 0 Å². The zero-order valence-electron chi connectivity index (χ0n) is 26.5. The van der Waals surface area contributed by atoms with Gasteiger partial charge in [-0.3, -0.25) is 9.59 Å². The van der Waals surface area contributed by atoms with E-state index in [0.717, 1.165) is 51.4 Å². The topological polar surface area (TPSA) is 113 Å². The number of allylic oxidation sites excluding steroid dienone is 6. The van der Waals surface area contributed by atoms with Crippen molar-refractivity contribution < 1.29 is 34.4 Å². The molecule has 0 aliphatic heterocycles. The van der Waals surface area contributed by atoms with E-state index in [1.807, 2.05) is 30.4 Å². The summed E-state index contributed by atoms with van der Waals surface area (Å²) in [4.78, 5) is 24.0. The van der Waals surface area contributed by atoms with Crippen LogP contribution in [-0.2, 0) is 19.1 Å². The van der Waals surface area contributed by atoms with Crippen LogP contribution in [0.3, 0.4) is 0 Å². The Morgan fingerprint density at radius 2 is 1.14 bits per heavy atom. The van der Waals surface area contributed by atoms with Gasteiger partial charge in [-0.1, -0.05) is 133 Å². The predicted molar refractivity (Wildman–Crippen MR) is 171 cm³/mol. The Bertz CT molecular complexity index is 756. The first kappa shape index (κ1) is 39.8. The van der Waals surface area contributed by atoms with Crippen LogP contribution in [0, 0.1) is 0 Å². The van der Waals surface area contributed by atoms with Crippen LogP contribution in [-0.4, -0.2) is 58.8 Å². The van der Waals surface area contributed by atoms with E-state index in [1.165, 1.54) is 38.5 Å². The summed E-state index contributed by atoms with van der Waals surface area (Å²) in [5, 5.41) is 29.4. The standard InChI is InChI=1S/C35H60O7/c1-3-5-7-8-9-10-14-17-21-27-34(39)41-30-33(29-36)42-35(40)28-22-26-32(38)25-20-16-13-11-12-15-19-24-31(37)23-18-6-4-2/h12-13,15-16,19-20,24-25,31-33,36-38H,3-11,14,17-18,21-23,26-30H2,1-2H3/b15-12-,16-13-,24-19+,25-20+/t31-,32-,33+/m1/s1. The molecule has 0 saturated carbocycles. The lowest BCUT2D eigenvalue weighted by molar-refractivity contribution is -0.161. The van der Waals surface area contributed by atoms with Crippen molar-refractivity contribution in [2.45, 2.75) is 148 Å². The number of unbranched alkanes of at least 4 members (excludes halogenated alkanes) is 10. The van der Waals surface area contributed by atoms with Gasteiger partial charge in [0.15, 0.2) is 6.10 Å². The number of esters is 2. The fourth-order valence-electron chi connectivity index (χ4n) is 4.24. The molecule has 0 unspecified atom stereocenters. The molecule has 42 heavy (non-hydrogen) atoms. The minimum Gasteiger partial charge on any atom is -0.462 e. The second-order valence-corrected chi connectivity index (χ2v) is 10.9. The molecule has 0 amide bonds. The molecule has 7 nitrogen and oxygen atoms in total. The third-order valence-electron chi connectivity index (χ3n) is 6.83. The van der Waals surface area contributed by atoms with Gasteiger partial charge in [-0.2, -0.15) is 0 Å². The van der Waals surface area contributed by atoms with E-state index in [-0.39, 0.29) is 25.1 Å². The Hall–Kier alpha value is -2.22. The highest BCUT2D eigenvalue weighted by Crippen LogP contribution is 2.11. The summed E-state index contributed by atoms with van der Waals surface area (Å²) >= 11 is 0. The number of carbonyl (C=O) groups excluding carboxylic acids is 2. The zero-order valence-corrected chi connectivity index (χ0v) is 26.5. The van der Waals surface area contributed by atoms with E-state index in [4.69, 9.17) is 9.47 Å². The number of ether oxygens (including phenoxy) is 2. The fourth-order valence-corrected chi connectivity index (χ4v) is 4.24. The molecule has 0 aromatic heterocycles. The first-order valence-corrected chi connectivity index (χ1v) is 16.4. The van der Waals surface area contributed by atoms with Gasteiger partial charge in [0, 0.05) is 12.8 Å². The molecule has 0 heterocycles. The molecule has 0 aliphatic carbocycles. The Balaban J connectivity index is 3.92.